The number of nitrogens with zero attached hydrogens (tertiary/aromatic N) is 2. The second-order valence-corrected chi connectivity index (χ2v) is 10.1. The fourth-order valence-corrected chi connectivity index (χ4v) is 5.41. The topological polar surface area (TPSA) is 123 Å². The summed E-state index contributed by atoms with van der Waals surface area (Å²) in [6.45, 7) is 3.63. The van der Waals surface area contributed by atoms with Crippen LogP contribution in [0.2, 0.25) is 0 Å². The summed E-state index contributed by atoms with van der Waals surface area (Å²) >= 11 is 0. The van der Waals surface area contributed by atoms with Crippen molar-refractivity contribution in [2.45, 2.75) is 38.1 Å². The van der Waals surface area contributed by atoms with Crippen LogP contribution in [0, 0.1) is 17.8 Å². The van der Waals surface area contributed by atoms with E-state index >= 15 is 0 Å². The van der Waals surface area contributed by atoms with Crippen LogP contribution in [-0.2, 0) is 37.2 Å². The van der Waals surface area contributed by atoms with Crippen molar-refractivity contribution in [3.8, 4) is 0 Å². The molecular formula is C22H25N3O5S. The second kappa shape index (κ2) is 9.47. The Balaban J connectivity index is 1.82. The number of carbonyl (C=O) groups excluding carboxylic acids is 3. The van der Waals surface area contributed by atoms with Crippen LogP contribution in [0.4, 0.5) is 0 Å². The molecule has 31 heavy (non-hydrogen) atoms. The number of hydrogen-bond acceptors (Lipinski definition) is 7. The van der Waals surface area contributed by atoms with Crippen LogP contribution in [0.25, 0.3) is 0 Å². The van der Waals surface area contributed by atoms with E-state index in [1.807, 2.05) is 0 Å². The van der Waals surface area contributed by atoms with E-state index in [4.69, 9.17) is 0 Å². The quantitative estimate of drug-likeness (QED) is 0.644. The number of hydrogen-bond donors (Lipinski definition) is 1. The van der Waals surface area contributed by atoms with Gasteiger partial charge in [-0.3, -0.25) is 24.4 Å². The third-order valence-corrected chi connectivity index (χ3v) is 7.17. The van der Waals surface area contributed by atoms with Crippen LogP contribution in [0.5, 0.6) is 0 Å². The first kappa shape index (κ1) is 22.7. The maximum atomic E-state index is 13.1. The van der Waals surface area contributed by atoms with Crippen LogP contribution >= 0.6 is 0 Å². The summed E-state index contributed by atoms with van der Waals surface area (Å²) < 4.78 is 25.6. The van der Waals surface area contributed by atoms with E-state index in [9.17, 15) is 22.8 Å². The second-order valence-electron chi connectivity index (χ2n) is 8.07. The number of sulfone groups is 1. The monoisotopic (exact) mass is 443 g/mol. The average molecular weight is 444 g/mol. The number of carbonyl (C=O) groups is 3. The normalized spacial score (nSPS) is 18.0. The van der Waals surface area contributed by atoms with Gasteiger partial charge in [0, 0.05) is 30.9 Å². The molecule has 1 aliphatic heterocycles. The number of ketones is 2. The molecule has 2 heterocycles. The summed E-state index contributed by atoms with van der Waals surface area (Å²) in [6.07, 6.45) is 2.87. The minimum atomic E-state index is -3.68. The molecule has 0 aliphatic carbocycles. The van der Waals surface area contributed by atoms with Crippen LogP contribution in [0.3, 0.4) is 0 Å². The molecular weight excluding hydrogens is 418 g/mol. The molecule has 1 aromatic heterocycles. The number of aromatic nitrogens is 2. The zero-order valence-electron chi connectivity index (χ0n) is 17.4. The van der Waals surface area contributed by atoms with Gasteiger partial charge >= 0.3 is 0 Å². The number of amides is 1. The van der Waals surface area contributed by atoms with Crippen molar-refractivity contribution in [1.82, 2.24) is 15.3 Å². The van der Waals surface area contributed by atoms with E-state index in [-0.39, 0.29) is 41.7 Å². The van der Waals surface area contributed by atoms with Crippen molar-refractivity contribution in [3.63, 3.8) is 0 Å². The Morgan fingerprint density at radius 1 is 1.13 bits per heavy atom. The summed E-state index contributed by atoms with van der Waals surface area (Å²) in [5.41, 5.74) is 1.04. The summed E-state index contributed by atoms with van der Waals surface area (Å²) in [6, 6.07) is 7.96. The van der Waals surface area contributed by atoms with Crippen LogP contribution in [0.15, 0.2) is 47.6 Å². The highest BCUT2D eigenvalue weighted by Crippen LogP contribution is 2.24. The largest absolute Gasteiger partial charge is 0.344 e. The third kappa shape index (κ3) is 5.61. The van der Waals surface area contributed by atoms with E-state index in [0.717, 1.165) is 0 Å². The molecule has 2 atom stereocenters. The number of fused-ring (bicyclic) bond motifs is 2. The summed E-state index contributed by atoms with van der Waals surface area (Å²) in [7, 11) is -3.68. The molecule has 1 N–H and O–H groups in total. The van der Waals surface area contributed by atoms with Gasteiger partial charge in [-0.1, -0.05) is 32.0 Å². The predicted molar refractivity (Wildman–Crippen MR) is 113 cm³/mol. The van der Waals surface area contributed by atoms with Gasteiger partial charge in [0.05, 0.1) is 34.8 Å². The Bertz CT molecular complexity index is 1080. The number of nitrogens with one attached hydrogen (secondary N) is 1. The van der Waals surface area contributed by atoms with Crippen molar-refractivity contribution < 1.29 is 22.8 Å². The van der Waals surface area contributed by atoms with Crippen molar-refractivity contribution >= 4 is 27.3 Å². The molecule has 9 heteroatoms. The Labute approximate surface area is 181 Å². The van der Waals surface area contributed by atoms with Crippen molar-refractivity contribution in [1.29, 1.82) is 0 Å². The molecule has 1 amide bonds. The van der Waals surface area contributed by atoms with E-state index < -0.39 is 33.4 Å². The van der Waals surface area contributed by atoms with Crippen LogP contribution in [0.1, 0.15) is 31.7 Å². The van der Waals surface area contributed by atoms with Gasteiger partial charge in [-0.2, -0.15) is 0 Å². The lowest BCUT2D eigenvalue weighted by Crippen LogP contribution is -2.38. The van der Waals surface area contributed by atoms with E-state index in [2.05, 4.69) is 15.3 Å². The fourth-order valence-electron chi connectivity index (χ4n) is 3.60. The molecule has 0 saturated carbocycles. The lowest BCUT2D eigenvalue weighted by Gasteiger charge is -2.22. The van der Waals surface area contributed by atoms with Gasteiger partial charge in [0.2, 0.25) is 5.78 Å². The van der Waals surface area contributed by atoms with Gasteiger partial charge in [0.15, 0.2) is 9.84 Å². The molecule has 3 rings (SSSR count). The predicted octanol–water partition coefficient (Wildman–Crippen LogP) is 1.54. The Morgan fingerprint density at radius 2 is 1.81 bits per heavy atom. The molecule has 1 aromatic carbocycles. The lowest BCUT2D eigenvalue weighted by atomic mass is 9.84. The SMILES string of the molecule is CC(C)C(CS(=O)(=O)c1ccccc1)C(=O)CC1Cc2cncc(n2)CNC(=O)C1=O. The van der Waals surface area contributed by atoms with Crippen molar-refractivity contribution in [2.75, 3.05) is 5.75 Å². The molecule has 0 radical (unpaired) electrons. The van der Waals surface area contributed by atoms with Crippen molar-refractivity contribution in [3.05, 3.63) is 54.1 Å². The first-order valence-electron chi connectivity index (χ1n) is 10.1. The van der Waals surface area contributed by atoms with E-state index in [1.165, 1.54) is 24.5 Å². The minimum Gasteiger partial charge on any atom is -0.344 e. The highest BCUT2D eigenvalue weighted by molar-refractivity contribution is 7.91. The Hall–Kier alpha value is -2.94. The first-order chi connectivity index (χ1) is 14.7. The van der Waals surface area contributed by atoms with Gasteiger partial charge in [-0.25, -0.2) is 8.42 Å². The lowest BCUT2D eigenvalue weighted by molar-refractivity contribution is -0.141. The molecule has 0 fully saturated rings. The smallest absolute Gasteiger partial charge is 0.288 e. The highest BCUT2D eigenvalue weighted by atomic mass is 32.2. The Kier molecular flexibility index (Phi) is 6.94. The zero-order chi connectivity index (χ0) is 22.6. The number of benzene rings is 1. The molecule has 0 spiro atoms. The van der Waals surface area contributed by atoms with Gasteiger partial charge in [0.25, 0.3) is 5.91 Å². The Morgan fingerprint density at radius 3 is 2.48 bits per heavy atom. The summed E-state index contributed by atoms with van der Waals surface area (Å²) in [4.78, 5) is 46.6. The van der Waals surface area contributed by atoms with Crippen LogP contribution < -0.4 is 5.32 Å². The molecule has 1 aliphatic rings. The first-order valence-corrected chi connectivity index (χ1v) is 11.7. The highest BCUT2D eigenvalue weighted by Gasteiger charge is 2.34. The fraction of sp³-hybridized carbons (Fsp3) is 0.409. The molecule has 2 bridgehead atoms. The minimum absolute atomic E-state index is 0.0794. The molecule has 8 nitrogen and oxygen atoms in total. The van der Waals surface area contributed by atoms with Crippen LogP contribution in [-0.4, -0.2) is 41.6 Å². The molecule has 2 aromatic rings. The number of rotatable bonds is 7. The molecule has 2 unspecified atom stereocenters. The van der Waals surface area contributed by atoms with E-state index in [0.29, 0.717) is 11.4 Å². The maximum Gasteiger partial charge on any atom is 0.288 e. The maximum absolute atomic E-state index is 13.1. The van der Waals surface area contributed by atoms with Crippen molar-refractivity contribution in [2.24, 2.45) is 17.8 Å². The molecule has 164 valence electrons. The zero-order valence-corrected chi connectivity index (χ0v) is 18.3. The van der Waals surface area contributed by atoms with Gasteiger partial charge in [0.1, 0.15) is 5.78 Å². The van der Waals surface area contributed by atoms with Gasteiger partial charge in [-0.15, -0.1) is 0 Å². The third-order valence-electron chi connectivity index (χ3n) is 5.38. The van der Waals surface area contributed by atoms with Gasteiger partial charge < -0.3 is 5.32 Å². The molecule has 0 saturated heterocycles. The summed E-state index contributed by atoms with van der Waals surface area (Å²) in [5, 5.41) is 2.50. The van der Waals surface area contributed by atoms with E-state index in [1.54, 1.807) is 32.0 Å². The average Bonchev–Trinajstić information content (AvgIpc) is 2.78. The van der Waals surface area contributed by atoms with Gasteiger partial charge in [-0.05, 0) is 18.1 Å². The number of Topliss-reactive ketones (excluding diaryl/α,β-unsaturated/α-hetero) is 2. The summed E-state index contributed by atoms with van der Waals surface area (Å²) in [5.74, 6) is -4.16. The standard InChI is InChI=1S/C22H25N3O5S/c1-14(2)19(13-31(29,30)18-6-4-3-5-7-18)20(26)9-15-8-16-10-23-11-17(25-16)12-24-22(28)21(15)27/h3-7,10-11,14-15,19H,8-9,12-13H2,1-2H3,(H,24,28).